The molecule has 0 spiro atoms. The summed E-state index contributed by atoms with van der Waals surface area (Å²) in [5.41, 5.74) is 1.06. The lowest BCUT2D eigenvalue weighted by Gasteiger charge is -2.16. The predicted octanol–water partition coefficient (Wildman–Crippen LogP) is -0.239. The Morgan fingerprint density at radius 3 is 2.89 bits per heavy atom. The van der Waals surface area contributed by atoms with Crippen LogP contribution < -0.4 is 5.14 Å². The van der Waals surface area contributed by atoms with Gasteiger partial charge in [0.1, 0.15) is 0 Å². The number of hydrogen-bond acceptors (Lipinski definition) is 4. The van der Waals surface area contributed by atoms with Gasteiger partial charge >= 0.3 is 0 Å². The van der Waals surface area contributed by atoms with E-state index in [1.165, 1.54) is 0 Å². The molecule has 0 radical (unpaired) electrons. The second-order valence-corrected chi connectivity index (χ2v) is 6.51. The molecule has 1 aromatic rings. The molecular weight excluding hydrogens is 266 g/mol. The van der Waals surface area contributed by atoms with Crippen LogP contribution in [0.15, 0.2) is 24.5 Å². The monoisotopic (exact) mass is 283 g/mol. The summed E-state index contributed by atoms with van der Waals surface area (Å²) in [6, 6.07) is 3.81. The summed E-state index contributed by atoms with van der Waals surface area (Å²) in [5, 5.41) is 5.01. The van der Waals surface area contributed by atoms with Crippen LogP contribution in [0.5, 0.6) is 0 Å². The zero-order chi connectivity index (χ0) is 13.9. The van der Waals surface area contributed by atoms with E-state index in [2.05, 4.69) is 4.98 Å². The first-order valence-corrected chi connectivity index (χ1v) is 7.83. The van der Waals surface area contributed by atoms with Gasteiger partial charge < -0.3 is 4.90 Å². The third kappa shape index (κ3) is 4.29. The van der Waals surface area contributed by atoms with Crippen molar-refractivity contribution < 1.29 is 13.2 Å². The predicted molar refractivity (Wildman–Crippen MR) is 70.6 cm³/mol. The van der Waals surface area contributed by atoms with Gasteiger partial charge in [-0.25, -0.2) is 13.6 Å². The number of likely N-dealkylation sites (tertiary alicyclic amines) is 1. The van der Waals surface area contributed by atoms with Crippen molar-refractivity contribution in [2.24, 2.45) is 11.1 Å². The molecule has 0 saturated carbocycles. The number of nitrogens with zero attached hydrogens (tertiary/aromatic N) is 2. The number of sulfonamides is 1. The van der Waals surface area contributed by atoms with E-state index in [-0.39, 0.29) is 24.0 Å². The van der Waals surface area contributed by atoms with Gasteiger partial charge in [0, 0.05) is 37.8 Å². The van der Waals surface area contributed by atoms with E-state index in [1.54, 1.807) is 17.3 Å². The van der Waals surface area contributed by atoms with Crippen molar-refractivity contribution in [3.05, 3.63) is 30.1 Å². The molecule has 1 aromatic heterocycles. The molecule has 1 fully saturated rings. The summed E-state index contributed by atoms with van der Waals surface area (Å²) in [6.45, 7) is 1.06. The van der Waals surface area contributed by atoms with Gasteiger partial charge in [-0.1, -0.05) is 6.07 Å². The van der Waals surface area contributed by atoms with E-state index in [4.69, 9.17) is 5.14 Å². The Bertz CT molecular complexity index is 545. The Labute approximate surface area is 112 Å². The normalized spacial score (nSPS) is 19.9. The smallest absolute Gasteiger partial charge is 0.222 e. The lowest BCUT2D eigenvalue weighted by Crippen LogP contribution is -2.29. The van der Waals surface area contributed by atoms with Crippen molar-refractivity contribution in [2.45, 2.75) is 12.8 Å². The van der Waals surface area contributed by atoms with Crippen molar-refractivity contribution >= 4 is 15.9 Å². The standard InChI is InChI=1S/C12H17N3O3S/c13-19(17,18)9-11-6-12(16)15(8-11)5-3-10-2-1-4-14-7-10/h1-2,4,7,11H,3,5-6,8-9H2,(H2,13,17,18). The highest BCUT2D eigenvalue weighted by Gasteiger charge is 2.31. The lowest BCUT2D eigenvalue weighted by atomic mass is 10.1. The van der Waals surface area contributed by atoms with E-state index in [1.807, 2.05) is 12.1 Å². The van der Waals surface area contributed by atoms with Crippen molar-refractivity contribution in [3.63, 3.8) is 0 Å². The number of carbonyl (C=O) groups excluding carboxylic acids is 1. The van der Waals surface area contributed by atoms with E-state index in [0.717, 1.165) is 12.0 Å². The molecular formula is C12H17N3O3S. The largest absolute Gasteiger partial charge is 0.342 e. The van der Waals surface area contributed by atoms with Crippen LogP contribution >= 0.6 is 0 Å². The average Bonchev–Trinajstić information content (AvgIpc) is 2.66. The maximum Gasteiger partial charge on any atom is 0.222 e. The minimum Gasteiger partial charge on any atom is -0.342 e. The van der Waals surface area contributed by atoms with Crippen LogP contribution in [0.1, 0.15) is 12.0 Å². The number of pyridine rings is 1. The molecule has 1 aliphatic rings. The van der Waals surface area contributed by atoms with E-state index in [0.29, 0.717) is 13.1 Å². The second-order valence-electron chi connectivity index (χ2n) is 4.85. The maximum absolute atomic E-state index is 11.8. The minimum atomic E-state index is -3.51. The average molecular weight is 283 g/mol. The van der Waals surface area contributed by atoms with E-state index in [9.17, 15) is 13.2 Å². The summed E-state index contributed by atoms with van der Waals surface area (Å²) in [4.78, 5) is 17.5. The highest BCUT2D eigenvalue weighted by molar-refractivity contribution is 7.89. The molecule has 1 unspecified atom stereocenters. The first-order valence-electron chi connectivity index (χ1n) is 6.11. The molecule has 0 aromatic carbocycles. The van der Waals surface area contributed by atoms with Gasteiger partial charge in [0.05, 0.1) is 5.75 Å². The Morgan fingerprint density at radius 1 is 1.47 bits per heavy atom. The summed E-state index contributed by atoms with van der Waals surface area (Å²) in [7, 11) is -3.51. The topological polar surface area (TPSA) is 93.4 Å². The molecule has 1 amide bonds. The summed E-state index contributed by atoms with van der Waals surface area (Å²) >= 11 is 0. The van der Waals surface area contributed by atoms with Crippen molar-refractivity contribution in [2.75, 3.05) is 18.8 Å². The number of rotatable bonds is 5. The van der Waals surface area contributed by atoms with Gasteiger partial charge in [0.15, 0.2) is 0 Å². The number of hydrogen-bond donors (Lipinski definition) is 1. The van der Waals surface area contributed by atoms with Gasteiger partial charge in [-0.15, -0.1) is 0 Å². The Kier molecular flexibility index (Phi) is 4.16. The molecule has 1 atom stereocenters. The Morgan fingerprint density at radius 2 is 2.26 bits per heavy atom. The van der Waals surface area contributed by atoms with Crippen molar-refractivity contribution in [3.8, 4) is 0 Å². The minimum absolute atomic E-state index is 0.00228. The summed E-state index contributed by atoms with van der Waals surface area (Å²) in [5.74, 6) is -0.309. The van der Waals surface area contributed by atoms with E-state index < -0.39 is 10.0 Å². The zero-order valence-electron chi connectivity index (χ0n) is 10.5. The third-order valence-electron chi connectivity index (χ3n) is 3.16. The molecule has 2 heterocycles. The van der Waals surface area contributed by atoms with Gasteiger partial charge in [-0.3, -0.25) is 9.78 Å². The SMILES string of the molecule is NS(=O)(=O)CC1CC(=O)N(CCc2cccnc2)C1. The number of nitrogens with two attached hydrogens (primary N) is 1. The first-order chi connectivity index (χ1) is 8.94. The molecule has 2 N–H and O–H groups in total. The number of carbonyl (C=O) groups is 1. The highest BCUT2D eigenvalue weighted by atomic mass is 32.2. The molecule has 2 rings (SSSR count). The zero-order valence-corrected chi connectivity index (χ0v) is 11.3. The van der Waals surface area contributed by atoms with Crippen LogP contribution in [0.4, 0.5) is 0 Å². The van der Waals surface area contributed by atoms with Crippen LogP contribution in [0, 0.1) is 5.92 Å². The first kappa shape index (κ1) is 14.0. The molecule has 0 aliphatic carbocycles. The Balaban J connectivity index is 1.87. The lowest BCUT2D eigenvalue weighted by molar-refractivity contribution is -0.127. The van der Waals surface area contributed by atoms with Crippen LogP contribution in [-0.2, 0) is 21.2 Å². The fourth-order valence-corrected chi connectivity index (χ4v) is 3.20. The van der Waals surface area contributed by atoms with Crippen LogP contribution in [0.2, 0.25) is 0 Å². The number of aromatic nitrogens is 1. The van der Waals surface area contributed by atoms with Crippen molar-refractivity contribution in [1.82, 2.24) is 9.88 Å². The summed E-state index contributed by atoms with van der Waals surface area (Å²) < 4.78 is 22.0. The summed E-state index contributed by atoms with van der Waals surface area (Å²) in [6.07, 6.45) is 4.46. The van der Waals surface area contributed by atoms with Gasteiger partial charge in [0.2, 0.25) is 15.9 Å². The fraction of sp³-hybridized carbons (Fsp3) is 0.500. The molecule has 104 valence electrons. The molecule has 0 bridgehead atoms. The number of amides is 1. The van der Waals surface area contributed by atoms with Gasteiger partial charge in [-0.05, 0) is 18.1 Å². The molecule has 19 heavy (non-hydrogen) atoms. The van der Waals surface area contributed by atoms with Crippen LogP contribution in [0.25, 0.3) is 0 Å². The molecule has 1 aliphatic heterocycles. The van der Waals surface area contributed by atoms with E-state index >= 15 is 0 Å². The Hall–Kier alpha value is -1.47. The van der Waals surface area contributed by atoms with Gasteiger partial charge in [0.25, 0.3) is 0 Å². The second kappa shape index (κ2) is 5.66. The quantitative estimate of drug-likeness (QED) is 0.807. The molecule has 7 heteroatoms. The maximum atomic E-state index is 11.8. The third-order valence-corrected chi connectivity index (χ3v) is 4.09. The number of primary sulfonamides is 1. The molecule has 1 saturated heterocycles. The highest BCUT2D eigenvalue weighted by Crippen LogP contribution is 2.19. The van der Waals surface area contributed by atoms with Crippen LogP contribution in [0.3, 0.4) is 0 Å². The van der Waals surface area contributed by atoms with Crippen LogP contribution in [-0.4, -0.2) is 43.1 Å². The van der Waals surface area contributed by atoms with Crippen molar-refractivity contribution in [1.29, 1.82) is 0 Å². The van der Waals surface area contributed by atoms with Gasteiger partial charge in [-0.2, -0.15) is 0 Å². The molecule has 6 nitrogen and oxygen atoms in total. The fourth-order valence-electron chi connectivity index (χ4n) is 2.32.